The van der Waals surface area contributed by atoms with E-state index in [4.69, 9.17) is 21.1 Å². The van der Waals surface area contributed by atoms with Crippen LogP contribution < -0.4 is 10.0 Å². The third kappa shape index (κ3) is 6.76. The maximum atomic E-state index is 12.6. The minimum Gasteiger partial charge on any atom is -0.460 e. The molecule has 1 unspecified atom stereocenters. The van der Waals surface area contributed by atoms with Crippen molar-refractivity contribution in [2.75, 3.05) is 19.7 Å². The minimum absolute atomic E-state index is 0.0151. The zero-order chi connectivity index (χ0) is 22.3. The van der Waals surface area contributed by atoms with Gasteiger partial charge in [-0.1, -0.05) is 41.9 Å². The van der Waals surface area contributed by atoms with E-state index in [0.717, 1.165) is 18.4 Å². The summed E-state index contributed by atoms with van der Waals surface area (Å²) in [6.45, 7) is 0.474. The van der Waals surface area contributed by atoms with Gasteiger partial charge in [0.15, 0.2) is 0 Å². The summed E-state index contributed by atoms with van der Waals surface area (Å²) in [5, 5.41) is 2.40. The number of rotatable bonds is 9. The Kier molecular flexibility index (Phi) is 8.03. The molecule has 0 bridgehead atoms. The number of carbonyl (C=O) groups is 2. The van der Waals surface area contributed by atoms with E-state index in [1.54, 1.807) is 0 Å². The third-order valence-electron chi connectivity index (χ3n) is 4.64. The molecule has 31 heavy (non-hydrogen) atoms. The average Bonchev–Trinajstić information content (AvgIpc) is 3.29. The molecule has 1 aliphatic rings. The van der Waals surface area contributed by atoms with E-state index in [2.05, 4.69) is 10.0 Å². The predicted molar refractivity (Wildman–Crippen MR) is 114 cm³/mol. The number of esters is 1. The SMILES string of the molecule is O=C(CNC(=O)c1ccc(Cl)c(S(=O)(=O)NCC2CCCO2)c1)OCc1ccccc1. The number of hydrogen-bond acceptors (Lipinski definition) is 6. The number of hydrogen-bond donors (Lipinski definition) is 2. The molecule has 166 valence electrons. The van der Waals surface area contributed by atoms with Gasteiger partial charge in [-0.2, -0.15) is 0 Å². The van der Waals surface area contributed by atoms with Crippen molar-refractivity contribution in [1.82, 2.24) is 10.0 Å². The molecule has 1 amide bonds. The molecule has 2 aromatic carbocycles. The summed E-state index contributed by atoms with van der Waals surface area (Å²) in [7, 11) is -3.94. The van der Waals surface area contributed by atoms with E-state index in [1.807, 2.05) is 30.3 Å². The smallest absolute Gasteiger partial charge is 0.325 e. The first-order valence-corrected chi connectivity index (χ1v) is 11.6. The molecule has 0 aromatic heterocycles. The third-order valence-corrected chi connectivity index (χ3v) is 6.55. The Morgan fingerprint density at radius 1 is 1.16 bits per heavy atom. The van der Waals surface area contributed by atoms with Crippen LogP contribution in [0.4, 0.5) is 0 Å². The van der Waals surface area contributed by atoms with Crippen molar-refractivity contribution in [2.45, 2.75) is 30.4 Å². The number of nitrogens with one attached hydrogen (secondary N) is 2. The monoisotopic (exact) mass is 466 g/mol. The fraction of sp³-hybridized carbons (Fsp3) is 0.333. The van der Waals surface area contributed by atoms with Crippen LogP contribution in [0.2, 0.25) is 5.02 Å². The van der Waals surface area contributed by atoms with Gasteiger partial charge in [0.05, 0.1) is 11.1 Å². The van der Waals surface area contributed by atoms with Gasteiger partial charge in [-0.15, -0.1) is 0 Å². The standard InChI is InChI=1S/C21H23ClN2O6S/c22-18-9-8-16(11-19(18)31(27,28)24-12-17-7-4-10-29-17)21(26)23-13-20(25)30-14-15-5-2-1-3-6-15/h1-3,5-6,8-9,11,17,24H,4,7,10,12-14H2,(H,23,26). The van der Waals surface area contributed by atoms with Crippen molar-refractivity contribution in [1.29, 1.82) is 0 Å². The molecule has 1 saturated heterocycles. The van der Waals surface area contributed by atoms with Gasteiger partial charge in [0, 0.05) is 18.7 Å². The van der Waals surface area contributed by atoms with Crippen molar-refractivity contribution >= 4 is 33.5 Å². The molecule has 10 heteroatoms. The quantitative estimate of drug-likeness (QED) is 0.548. The van der Waals surface area contributed by atoms with Crippen LogP contribution >= 0.6 is 11.6 Å². The van der Waals surface area contributed by atoms with Crippen molar-refractivity contribution < 1.29 is 27.5 Å². The molecule has 1 atom stereocenters. The fourth-order valence-electron chi connectivity index (χ4n) is 2.98. The number of ether oxygens (including phenoxy) is 2. The lowest BCUT2D eigenvalue weighted by atomic mass is 10.2. The van der Waals surface area contributed by atoms with Gasteiger partial charge in [-0.3, -0.25) is 9.59 Å². The maximum absolute atomic E-state index is 12.6. The van der Waals surface area contributed by atoms with Gasteiger partial charge in [-0.05, 0) is 36.6 Å². The highest BCUT2D eigenvalue weighted by atomic mass is 35.5. The highest BCUT2D eigenvalue weighted by molar-refractivity contribution is 7.89. The molecule has 0 saturated carbocycles. The molecule has 1 aliphatic heterocycles. The summed E-state index contributed by atoms with van der Waals surface area (Å²) in [5.74, 6) is -1.24. The lowest BCUT2D eigenvalue weighted by Crippen LogP contribution is -2.33. The summed E-state index contributed by atoms with van der Waals surface area (Å²) in [5.41, 5.74) is 0.878. The van der Waals surface area contributed by atoms with Crippen molar-refractivity contribution in [3.63, 3.8) is 0 Å². The second-order valence-corrected chi connectivity index (χ2v) is 9.10. The Labute approximate surface area is 185 Å². The number of halogens is 1. The Hall–Kier alpha value is -2.46. The van der Waals surface area contributed by atoms with Crippen molar-refractivity contribution in [2.24, 2.45) is 0 Å². The van der Waals surface area contributed by atoms with Crippen molar-refractivity contribution in [3.05, 3.63) is 64.7 Å². The first kappa shape index (κ1) is 23.2. The summed E-state index contributed by atoms with van der Waals surface area (Å²) < 4.78 is 38.2. The fourth-order valence-corrected chi connectivity index (χ4v) is 4.57. The second kappa shape index (κ2) is 10.7. The van der Waals surface area contributed by atoms with Gasteiger partial charge in [0.1, 0.15) is 18.0 Å². The van der Waals surface area contributed by atoms with Crippen LogP contribution in [0.1, 0.15) is 28.8 Å². The van der Waals surface area contributed by atoms with Gasteiger partial charge in [0.25, 0.3) is 5.91 Å². The maximum Gasteiger partial charge on any atom is 0.325 e. The summed E-state index contributed by atoms with van der Waals surface area (Å²) in [6, 6.07) is 13.0. The van der Waals surface area contributed by atoms with Gasteiger partial charge in [-0.25, -0.2) is 13.1 Å². The van der Waals surface area contributed by atoms with E-state index < -0.39 is 21.9 Å². The highest BCUT2D eigenvalue weighted by Gasteiger charge is 2.23. The molecule has 0 radical (unpaired) electrons. The number of sulfonamides is 1. The Morgan fingerprint density at radius 3 is 2.65 bits per heavy atom. The molecule has 0 aliphatic carbocycles. The molecule has 2 N–H and O–H groups in total. The molecular formula is C21H23ClN2O6S. The largest absolute Gasteiger partial charge is 0.460 e. The Morgan fingerprint density at radius 2 is 1.94 bits per heavy atom. The molecule has 3 rings (SSSR count). The zero-order valence-electron chi connectivity index (χ0n) is 16.7. The summed E-state index contributed by atoms with van der Waals surface area (Å²) >= 11 is 6.05. The second-order valence-electron chi connectivity index (χ2n) is 6.96. The lowest BCUT2D eigenvalue weighted by molar-refractivity contribution is -0.143. The normalized spacial score (nSPS) is 16.1. The van der Waals surface area contributed by atoms with E-state index in [0.29, 0.717) is 6.61 Å². The Bertz CT molecular complexity index is 1020. The van der Waals surface area contributed by atoms with Gasteiger partial charge >= 0.3 is 5.97 Å². The zero-order valence-corrected chi connectivity index (χ0v) is 18.2. The van der Waals surface area contributed by atoms with Crippen LogP contribution in [0.5, 0.6) is 0 Å². The van der Waals surface area contributed by atoms with Gasteiger partial charge in [0.2, 0.25) is 10.0 Å². The molecule has 1 heterocycles. The van der Waals surface area contributed by atoms with Crippen LogP contribution in [-0.4, -0.2) is 46.1 Å². The molecule has 0 spiro atoms. The van der Waals surface area contributed by atoms with Crippen LogP contribution in [-0.2, 0) is 30.9 Å². The molecule has 2 aromatic rings. The first-order valence-electron chi connectivity index (χ1n) is 9.74. The number of benzene rings is 2. The van der Waals surface area contributed by atoms with E-state index in [1.165, 1.54) is 18.2 Å². The van der Waals surface area contributed by atoms with Crippen LogP contribution in [0.25, 0.3) is 0 Å². The van der Waals surface area contributed by atoms with Crippen molar-refractivity contribution in [3.8, 4) is 0 Å². The molecule has 1 fully saturated rings. The molecular weight excluding hydrogens is 444 g/mol. The van der Waals surface area contributed by atoms with Crippen LogP contribution in [0.15, 0.2) is 53.4 Å². The number of amides is 1. The highest BCUT2D eigenvalue weighted by Crippen LogP contribution is 2.23. The summed E-state index contributed by atoms with van der Waals surface area (Å²) in [6.07, 6.45) is 1.48. The summed E-state index contributed by atoms with van der Waals surface area (Å²) in [4.78, 5) is 24.0. The van der Waals surface area contributed by atoms with E-state index in [9.17, 15) is 18.0 Å². The minimum atomic E-state index is -3.94. The first-order chi connectivity index (χ1) is 14.8. The lowest BCUT2D eigenvalue weighted by Gasteiger charge is -2.13. The van der Waals surface area contributed by atoms with Crippen LogP contribution in [0, 0.1) is 0 Å². The van der Waals surface area contributed by atoms with Gasteiger partial charge < -0.3 is 14.8 Å². The average molecular weight is 467 g/mol. The Balaban J connectivity index is 1.56. The molecule has 8 nitrogen and oxygen atoms in total. The predicted octanol–water partition coefficient (Wildman–Crippen LogP) is 2.27. The van der Waals surface area contributed by atoms with E-state index >= 15 is 0 Å². The van der Waals surface area contributed by atoms with Crippen LogP contribution in [0.3, 0.4) is 0 Å². The topological polar surface area (TPSA) is 111 Å². The number of carbonyl (C=O) groups excluding carboxylic acids is 2. The van der Waals surface area contributed by atoms with E-state index in [-0.39, 0.29) is 41.3 Å².